The molecule has 0 heterocycles. The standard InChI is InChI=1S/C44H87NO8/c1-4-7-10-13-16-17-18-23-30-37-52-43(50)40(47)34-27-29-36-45(42(49)38-46)35-28-22-21-26-33-41(48)44(51)53-39(31-24-19-14-11-8-5-2)32-25-20-15-12-9-6-3/h39-42,46-49H,4-38H2,1-3H3. The number of esters is 2. The topological polar surface area (TPSA) is 137 Å². The molecule has 3 unspecified atom stereocenters. The van der Waals surface area contributed by atoms with Gasteiger partial charge in [0.05, 0.1) is 13.2 Å². The van der Waals surface area contributed by atoms with Gasteiger partial charge in [0.2, 0.25) is 0 Å². The molecular formula is C44H87NO8. The molecule has 0 amide bonds. The molecule has 0 aromatic carbocycles. The van der Waals surface area contributed by atoms with Crippen LogP contribution in [-0.2, 0) is 19.1 Å². The zero-order valence-electron chi connectivity index (χ0n) is 34.9. The van der Waals surface area contributed by atoms with Gasteiger partial charge in [0.15, 0.2) is 12.2 Å². The van der Waals surface area contributed by atoms with Crippen LogP contribution in [0, 0.1) is 0 Å². The summed E-state index contributed by atoms with van der Waals surface area (Å²) < 4.78 is 11.1. The lowest BCUT2D eigenvalue weighted by molar-refractivity contribution is -0.160. The Bertz CT molecular complexity index is 783. The van der Waals surface area contributed by atoms with Crippen molar-refractivity contribution in [1.29, 1.82) is 0 Å². The number of nitrogens with zero attached hydrogens (tertiary/aromatic N) is 1. The number of unbranched alkanes of at least 4 members (excludes halogenated alkanes) is 22. The van der Waals surface area contributed by atoms with Gasteiger partial charge in [-0.2, -0.15) is 0 Å². The number of rotatable bonds is 41. The lowest BCUT2D eigenvalue weighted by Crippen LogP contribution is -2.39. The molecule has 0 fully saturated rings. The van der Waals surface area contributed by atoms with Gasteiger partial charge in [-0.05, 0) is 64.2 Å². The fraction of sp³-hybridized carbons (Fsp3) is 0.955. The van der Waals surface area contributed by atoms with Crippen molar-refractivity contribution in [3.63, 3.8) is 0 Å². The molecule has 0 radical (unpaired) electrons. The number of hydrogen-bond acceptors (Lipinski definition) is 9. The Morgan fingerprint density at radius 1 is 0.472 bits per heavy atom. The van der Waals surface area contributed by atoms with Crippen LogP contribution in [0.4, 0.5) is 0 Å². The molecule has 3 atom stereocenters. The van der Waals surface area contributed by atoms with Gasteiger partial charge < -0.3 is 29.9 Å². The third-order valence-corrected chi connectivity index (χ3v) is 10.5. The molecule has 0 aromatic heterocycles. The Kier molecular flexibility index (Phi) is 38.1. The minimum absolute atomic E-state index is 0.107. The summed E-state index contributed by atoms with van der Waals surface area (Å²) in [6.45, 7) is 7.81. The van der Waals surface area contributed by atoms with Crippen molar-refractivity contribution in [2.24, 2.45) is 0 Å². The van der Waals surface area contributed by atoms with Crippen LogP contribution in [-0.4, -0.2) is 88.1 Å². The highest BCUT2D eigenvalue weighted by molar-refractivity contribution is 5.74. The smallest absolute Gasteiger partial charge is 0.335 e. The molecule has 0 aromatic rings. The van der Waals surface area contributed by atoms with Crippen LogP contribution in [0.15, 0.2) is 0 Å². The quantitative estimate of drug-likeness (QED) is 0.0273. The van der Waals surface area contributed by atoms with E-state index in [1.54, 1.807) is 0 Å². The summed E-state index contributed by atoms with van der Waals surface area (Å²) in [5, 5.41) is 40.7. The van der Waals surface area contributed by atoms with Crippen molar-refractivity contribution >= 4 is 11.9 Å². The Morgan fingerprint density at radius 3 is 1.30 bits per heavy atom. The molecule has 0 saturated carbocycles. The summed E-state index contributed by atoms with van der Waals surface area (Å²) >= 11 is 0. The van der Waals surface area contributed by atoms with Gasteiger partial charge in [0.1, 0.15) is 12.3 Å². The van der Waals surface area contributed by atoms with E-state index in [0.29, 0.717) is 51.8 Å². The predicted molar refractivity (Wildman–Crippen MR) is 218 cm³/mol. The second-order valence-electron chi connectivity index (χ2n) is 15.6. The maximum atomic E-state index is 12.8. The summed E-state index contributed by atoms with van der Waals surface area (Å²) in [4.78, 5) is 26.8. The first kappa shape index (κ1) is 51.7. The SMILES string of the molecule is CCCCCCCCCCCOC(=O)C(O)CCCCN(CCCCCCC(O)C(=O)OC(CCCCCCCC)CCCCCCCC)C(O)CO. The van der Waals surface area contributed by atoms with Crippen molar-refractivity contribution in [2.75, 3.05) is 26.3 Å². The van der Waals surface area contributed by atoms with E-state index in [2.05, 4.69) is 20.8 Å². The van der Waals surface area contributed by atoms with Gasteiger partial charge in [-0.3, -0.25) is 4.90 Å². The van der Waals surface area contributed by atoms with E-state index in [4.69, 9.17) is 9.47 Å². The Morgan fingerprint density at radius 2 is 0.830 bits per heavy atom. The number of aliphatic hydroxyl groups is 4. The zero-order valence-corrected chi connectivity index (χ0v) is 34.9. The molecule has 0 rings (SSSR count). The van der Waals surface area contributed by atoms with E-state index in [9.17, 15) is 30.0 Å². The molecule has 9 nitrogen and oxygen atoms in total. The average molecular weight is 758 g/mol. The highest BCUT2D eigenvalue weighted by Crippen LogP contribution is 2.19. The molecule has 0 bridgehead atoms. The Hall–Kier alpha value is -1.26. The zero-order chi connectivity index (χ0) is 39.2. The normalized spacial score (nSPS) is 13.5. The van der Waals surface area contributed by atoms with Gasteiger partial charge in [-0.1, -0.05) is 156 Å². The lowest BCUT2D eigenvalue weighted by atomic mass is 10.0. The lowest BCUT2D eigenvalue weighted by Gasteiger charge is -2.26. The third-order valence-electron chi connectivity index (χ3n) is 10.5. The fourth-order valence-corrected chi connectivity index (χ4v) is 6.91. The second kappa shape index (κ2) is 39.0. The van der Waals surface area contributed by atoms with Crippen LogP contribution in [0.5, 0.6) is 0 Å². The summed E-state index contributed by atoms with van der Waals surface area (Å²) in [5.74, 6) is -1.04. The van der Waals surface area contributed by atoms with Crippen LogP contribution in [0.2, 0.25) is 0 Å². The monoisotopic (exact) mass is 758 g/mol. The van der Waals surface area contributed by atoms with Gasteiger partial charge in [0, 0.05) is 13.1 Å². The fourth-order valence-electron chi connectivity index (χ4n) is 6.91. The summed E-state index contributed by atoms with van der Waals surface area (Å²) in [6, 6.07) is 0. The van der Waals surface area contributed by atoms with Gasteiger partial charge in [-0.25, -0.2) is 9.59 Å². The minimum Gasteiger partial charge on any atom is -0.464 e. The minimum atomic E-state index is -1.14. The molecule has 0 saturated heterocycles. The number of carbonyl (C=O) groups is 2. The molecule has 53 heavy (non-hydrogen) atoms. The Balaban J connectivity index is 4.27. The summed E-state index contributed by atoms with van der Waals surface area (Å²) in [5.41, 5.74) is 0. The van der Waals surface area contributed by atoms with E-state index in [-0.39, 0.29) is 12.7 Å². The van der Waals surface area contributed by atoms with E-state index < -0.39 is 30.4 Å². The highest BCUT2D eigenvalue weighted by Gasteiger charge is 2.22. The van der Waals surface area contributed by atoms with E-state index in [0.717, 1.165) is 64.2 Å². The van der Waals surface area contributed by atoms with Crippen LogP contribution in [0.25, 0.3) is 0 Å². The third kappa shape index (κ3) is 32.7. The van der Waals surface area contributed by atoms with Crippen molar-refractivity contribution in [1.82, 2.24) is 4.90 Å². The first-order valence-electron chi connectivity index (χ1n) is 22.6. The predicted octanol–water partition coefficient (Wildman–Crippen LogP) is 9.93. The van der Waals surface area contributed by atoms with Crippen LogP contribution < -0.4 is 0 Å². The van der Waals surface area contributed by atoms with Gasteiger partial charge in [-0.15, -0.1) is 0 Å². The van der Waals surface area contributed by atoms with E-state index >= 15 is 0 Å². The molecule has 4 N–H and O–H groups in total. The molecule has 0 spiro atoms. The van der Waals surface area contributed by atoms with Crippen LogP contribution in [0.3, 0.4) is 0 Å². The molecular weight excluding hydrogens is 670 g/mol. The second-order valence-corrected chi connectivity index (χ2v) is 15.6. The van der Waals surface area contributed by atoms with Crippen LogP contribution >= 0.6 is 0 Å². The summed E-state index contributed by atoms with van der Waals surface area (Å²) in [6.07, 6.45) is 28.8. The first-order valence-corrected chi connectivity index (χ1v) is 22.6. The Labute approximate surface area is 326 Å². The number of aliphatic hydroxyl groups excluding tert-OH is 4. The van der Waals surface area contributed by atoms with Crippen molar-refractivity contribution < 1.29 is 39.5 Å². The van der Waals surface area contributed by atoms with Crippen molar-refractivity contribution in [3.05, 3.63) is 0 Å². The average Bonchev–Trinajstić information content (AvgIpc) is 3.16. The molecule has 316 valence electrons. The maximum Gasteiger partial charge on any atom is 0.335 e. The highest BCUT2D eigenvalue weighted by atomic mass is 16.6. The first-order chi connectivity index (χ1) is 25.8. The summed E-state index contributed by atoms with van der Waals surface area (Å²) in [7, 11) is 0. The van der Waals surface area contributed by atoms with E-state index in [1.165, 1.54) is 103 Å². The molecule has 0 aliphatic rings. The van der Waals surface area contributed by atoms with Gasteiger partial charge >= 0.3 is 11.9 Å². The number of ether oxygens (including phenoxy) is 2. The maximum absolute atomic E-state index is 12.8. The van der Waals surface area contributed by atoms with Crippen LogP contribution in [0.1, 0.15) is 220 Å². The molecule has 9 heteroatoms. The van der Waals surface area contributed by atoms with E-state index in [1.807, 2.05) is 4.90 Å². The molecule has 0 aliphatic heterocycles. The molecule has 0 aliphatic carbocycles. The number of carbonyl (C=O) groups excluding carboxylic acids is 2. The largest absolute Gasteiger partial charge is 0.464 e. The van der Waals surface area contributed by atoms with Gasteiger partial charge in [0.25, 0.3) is 0 Å². The number of hydrogen-bond donors (Lipinski definition) is 4. The van der Waals surface area contributed by atoms with Crippen molar-refractivity contribution in [3.8, 4) is 0 Å². The van der Waals surface area contributed by atoms with Crippen molar-refractivity contribution in [2.45, 2.75) is 244 Å².